The molecule has 2 aliphatic rings. The highest BCUT2D eigenvalue weighted by atomic mass is 15.2. The largest absolute Gasteiger partial charge is 0.329 e. The SMILES string of the molecule is c1ccc(-c2ccc(N3CCC4CCCN=C43)cn2)nc1. The molecule has 0 saturated carbocycles. The number of amidine groups is 1. The van der Waals surface area contributed by atoms with E-state index in [0.717, 1.165) is 30.2 Å². The maximum absolute atomic E-state index is 4.73. The Morgan fingerprint density at radius 2 is 1.95 bits per heavy atom. The average molecular weight is 278 g/mol. The minimum Gasteiger partial charge on any atom is -0.329 e. The summed E-state index contributed by atoms with van der Waals surface area (Å²) in [7, 11) is 0. The van der Waals surface area contributed by atoms with Crippen molar-refractivity contribution in [2.24, 2.45) is 10.9 Å². The number of hydrogen-bond donors (Lipinski definition) is 0. The molecule has 106 valence electrons. The maximum Gasteiger partial charge on any atom is 0.107 e. The molecular formula is C17H18N4. The lowest BCUT2D eigenvalue weighted by atomic mass is 9.99. The second-order valence-corrected chi connectivity index (χ2v) is 5.64. The number of fused-ring (bicyclic) bond motifs is 1. The lowest BCUT2D eigenvalue weighted by Crippen LogP contribution is -2.29. The topological polar surface area (TPSA) is 41.4 Å². The van der Waals surface area contributed by atoms with Gasteiger partial charge < -0.3 is 4.90 Å². The molecule has 4 rings (SSSR count). The summed E-state index contributed by atoms with van der Waals surface area (Å²) in [6.07, 6.45) is 7.49. The standard InChI is InChI=1S/C17H18N4/c1-2-9-18-15(5-1)16-7-6-14(12-20-16)21-11-8-13-4-3-10-19-17(13)21/h1-2,5-7,9,12-13H,3-4,8,10-11H2. The van der Waals surface area contributed by atoms with E-state index in [0.29, 0.717) is 5.92 Å². The molecule has 4 heteroatoms. The van der Waals surface area contributed by atoms with E-state index in [1.807, 2.05) is 30.5 Å². The molecule has 2 aromatic rings. The molecule has 4 heterocycles. The highest BCUT2D eigenvalue weighted by Crippen LogP contribution is 2.31. The molecule has 1 fully saturated rings. The fourth-order valence-electron chi connectivity index (χ4n) is 3.24. The fourth-order valence-corrected chi connectivity index (χ4v) is 3.24. The van der Waals surface area contributed by atoms with Gasteiger partial charge in [0.25, 0.3) is 0 Å². The van der Waals surface area contributed by atoms with Crippen molar-refractivity contribution in [3.63, 3.8) is 0 Å². The second kappa shape index (κ2) is 5.28. The zero-order chi connectivity index (χ0) is 14.1. The minimum absolute atomic E-state index is 0.661. The predicted molar refractivity (Wildman–Crippen MR) is 84.5 cm³/mol. The summed E-state index contributed by atoms with van der Waals surface area (Å²) in [5.41, 5.74) is 2.98. The zero-order valence-electron chi connectivity index (χ0n) is 11.9. The van der Waals surface area contributed by atoms with E-state index < -0.39 is 0 Å². The van der Waals surface area contributed by atoms with Crippen LogP contribution in [0, 0.1) is 5.92 Å². The van der Waals surface area contributed by atoms with E-state index in [1.54, 1.807) is 6.20 Å². The van der Waals surface area contributed by atoms with Gasteiger partial charge in [-0.3, -0.25) is 15.0 Å². The Labute approximate surface area is 124 Å². The predicted octanol–water partition coefficient (Wildman–Crippen LogP) is 3.16. The molecule has 1 saturated heterocycles. The van der Waals surface area contributed by atoms with Crippen LogP contribution in [0.25, 0.3) is 11.4 Å². The lowest BCUT2D eigenvalue weighted by molar-refractivity contribution is 0.573. The monoisotopic (exact) mass is 278 g/mol. The van der Waals surface area contributed by atoms with Crippen LogP contribution in [0.2, 0.25) is 0 Å². The molecule has 0 spiro atoms. The van der Waals surface area contributed by atoms with Gasteiger partial charge in [0.2, 0.25) is 0 Å². The third kappa shape index (κ3) is 2.31. The van der Waals surface area contributed by atoms with Crippen LogP contribution in [0.5, 0.6) is 0 Å². The molecule has 1 atom stereocenters. The Balaban J connectivity index is 1.61. The number of pyridine rings is 2. The molecule has 4 nitrogen and oxygen atoms in total. The summed E-state index contributed by atoms with van der Waals surface area (Å²) in [5, 5.41) is 0. The van der Waals surface area contributed by atoms with Crippen LogP contribution in [0.15, 0.2) is 47.7 Å². The Hall–Kier alpha value is -2.23. The van der Waals surface area contributed by atoms with E-state index in [-0.39, 0.29) is 0 Å². The summed E-state index contributed by atoms with van der Waals surface area (Å²) in [6, 6.07) is 10.1. The summed E-state index contributed by atoms with van der Waals surface area (Å²) < 4.78 is 0. The van der Waals surface area contributed by atoms with Crippen LogP contribution in [0.4, 0.5) is 5.69 Å². The van der Waals surface area contributed by atoms with Crippen molar-refractivity contribution in [1.82, 2.24) is 9.97 Å². The van der Waals surface area contributed by atoms with Crippen molar-refractivity contribution in [2.45, 2.75) is 19.3 Å². The summed E-state index contributed by atoms with van der Waals surface area (Å²) >= 11 is 0. The van der Waals surface area contributed by atoms with Crippen LogP contribution in [0.3, 0.4) is 0 Å². The summed E-state index contributed by atoms with van der Waals surface area (Å²) in [5.74, 6) is 1.93. The normalized spacial score (nSPS) is 21.0. The molecule has 0 radical (unpaired) electrons. The van der Waals surface area contributed by atoms with Crippen LogP contribution in [-0.4, -0.2) is 28.9 Å². The smallest absolute Gasteiger partial charge is 0.107 e. The molecule has 1 unspecified atom stereocenters. The highest BCUT2D eigenvalue weighted by molar-refractivity contribution is 6.01. The van der Waals surface area contributed by atoms with Gasteiger partial charge in [-0.15, -0.1) is 0 Å². The first-order valence-electron chi connectivity index (χ1n) is 7.61. The van der Waals surface area contributed by atoms with Gasteiger partial charge in [0, 0.05) is 25.2 Å². The maximum atomic E-state index is 4.73. The van der Waals surface area contributed by atoms with Crippen molar-refractivity contribution in [1.29, 1.82) is 0 Å². The molecule has 0 aromatic carbocycles. The van der Waals surface area contributed by atoms with Gasteiger partial charge in [-0.1, -0.05) is 6.07 Å². The van der Waals surface area contributed by atoms with E-state index >= 15 is 0 Å². The van der Waals surface area contributed by atoms with Crippen molar-refractivity contribution in [3.05, 3.63) is 42.7 Å². The molecule has 0 bridgehead atoms. The van der Waals surface area contributed by atoms with Gasteiger partial charge in [-0.25, -0.2) is 0 Å². The third-order valence-electron chi connectivity index (χ3n) is 4.31. The first kappa shape index (κ1) is 12.5. The third-order valence-corrected chi connectivity index (χ3v) is 4.31. The summed E-state index contributed by atoms with van der Waals surface area (Å²) in [4.78, 5) is 16.0. The Morgan fingerprint density at radius 3 is 2.76 bits per heavy atom. The van der Waals surface area contributed by atoms with E-state index in [9.17, 15) is 0 Å². The summed E-state index contributed by atoms with van der Waals surface area (Å²) in [6.45, 7) is 2.04. The van der Waals surface area contributed by atoms with E-state index in [1.165, 1.54) is 25.1 Å². The van der Waals surface area contributed by atoms with Gasteiger partial charge >= 0.3 is 0 Å². The number of rotatable bonds is 2. The molecule has 2 aromatic heterocycles. The van der Waals surface area contributed by atoms with Crippen molar-refractivity contribution in [2.75, 3.05) is 18.0 Å². The molecule has 0 N–H and O–H groups in total. The minimum atomic E-state index is 0.661. The second-order valence-electron chi connectivity index (χ2n) is 5.64. The highest BCUT2D eigenvalue weighted by Gasteiger charge is 2.31. The Bertz CT molecular complexity index is 648. The van der Waals surface area contributed by atoms with Gasteiger partial charge in [-0.2, -0.15) is 0 Å². The first-order chi connectivity index (χ1) is 10.4. The van der Waals surface area contributed by atoms with Crippen molar-refractivity contribution < 1.29 is 0 Å². The van der Waals surface area contributed by atoms with Crippen LogP contribution >= 0.6 is 0 Å². The van der Waals surface area contributed by atoms with Crippen LogP contribution < -0.4 is 4.90 Å². The Morgan fingerprint density at radius 1 is 1.00 bits per heavy atom. The van der Waals surface area contributed by atoms with Crippen molar-refractivity contribution in [3.8, 4) is 11.4 Å². The average Bonchev–Trinajstić information content (AvgIpc) is 3.00. The first-order valence-corrected chi connectivity index (χ1v) is 7.61. The van der Waals surface area contributed by atoms with Gasteiger partial charge in [0.05, 0.1) is 23.3 Å². The number of nitrogens with zero attached hydrogens (tertiary/aromatic N) is 4. The van der Waals surface area contributed by atoms with Crippen molar-refractivity contribution >= 4 is 11.5 Å². The molecule has 2 aliphatic heterocycles. The van der Waals surface area contributed by atoms with Crippen LogP contribution in [-0.2, 0) is 0 Å². The lowest BCUT2D eigenvalue weighted by Gasteiger charge is -2.23. The number of aromatic nitrogens is 2. The van der Waals surface area contributed by atoms with E-state index in [2.05, 4.69) is 20.9 Å². The number of hydrogen-bond acceptors (Lipinski definition) is 4. The zero-order valence-corrected chi connectivity index (χ0v) is 11.9. The van der Waals surface area contributed by atoms with Gasteiger partial charge in [0.1, 0.15) is 5.84 Å². The van der Waals surface area contributed by atoms with E-state index in [4.69, 9.17) is 4.99 Å². The Kier molecular flexibility index (Phi) is 3.14. The number of aliphatic imine (C=N–C) groups is 1. The van der Waals surface area contributed by atoms with Gasteiger partial charge in [-0.05, 0) is 43.5 Å². The van der Waals surface area contributed by atoms with Crippen LogP contribution in [0.1, 0.15) is 19.3 Å². The number of anilines is 1. The van der Waals surface area contributed by atoms with Gasteiger partial charge in [0.15, 0.2) is 0 Å². The quantitative estimate of drug-likeness (QED) is 0.847. The molecular weight excluding hydrogens is 260 g/mol. The molecule has 0 amide bonds. The fraction of sp³-hybridized carbons (Fsp3) is 0.353. The molecule has 0 aliphatic carbocycles. The molecule has 21 heavy (non-hydrogen) atoms.